The van der Waals surface area contributed by atoms with Crippen molar-refractivity contribution in [2.45, 2.75) is 39.2 Å². The SMILES string of the molecule is CCc1ccccc1OC1CN(C(=O)NCC2CCCN(C(C)=O)C2)C1. The minimum atomic E-state index is -0.0337. The number of urea groups is 1. The molecule has 1 N–H and O–H groups in total. The van der Waals surface area contributed by atoms with Crippen molar-refractivity contribution in [3.63, 3.8) is 0 Å². The van der Waals surface area contributed by atoms with Gasteiger partial charge in [0, 0.05) is 26.6 Å². The van der Waals surface area contributed by atoms with Crippen molar-refractivity contribution in [3.8, 4) is 5.75 Å². The van der Waals surface area contributed by atoms with Gasteiger partial charge >= 0.3 is 6.03 Å². The molecule has 1 atom stereocenters. The van der Waals surface area contributed by atoms with Gasteiger partial charge < -0.3 is 19.9 Å². The van der Waals surface area contributed by atoms with Crippen LogP contribution in [-0.4, -0.2) is 60.6 Å². The molecule has 2 aliphatic heterocycles. The van der Waals surface area contributed by atoms with Crippen LogP contribution in [0.4, 0.5) is 4.79 Å². The van der Waals surface area contributed by atoms with E-state index in [0.717, 1.165) is 38.1 Å². The topological polar surface area (TPSA) is 61.9 Å². The number of hydrogen-bond acceptors (Lipinski definition) is 3. The molecule has 0 spiro atoms. The molecule has 2 saturated heterocycles. The van der Waals surface area contributed by atoms with Crippen LogP contribution in [0.1, 0.15) is 32.3 Å². The van der Waals surface area contributed by atoms with Crippen molar-refractivity contribution in [1.82, 2.24) is 15.1 Å². The molecule has 3 amide bonds. The highest BCUT2D eigenvalue weighted by atomic mass is 16.5. The van der Waals surface area contributed by atoms with E-state index in [-0.39, 0.29) is 18.0 Å². The number of ether oxygens (including phenoxy) is 1. The van der Waals surface area contributed by atoms with Crippen LogP contribution in [0, 0.1) is 5.92 Å². The minimum Gasteiger partial charge on any atom is -0.486 e. The Kier molecular flexibility index (Phi) is 6.01. The van der Waals surface area contributed by atoms with Crippen molar-refractivity contribution < 1.29 is 14.3 Å². The highest BCUT2D eigenvalue weighted by molar-refractivity contribution is 5.75. The third-order valence-corrected chi connectivity index (χ3v) is 5.29. The second kappa shape index (κ2) is 8.43. The average molecular weight is 359 g/mol. The van der Waals surface area contributed by atoms with E-state index in [9.17, 15) is 9.59 Å². The zero-order valence-corrected chi connectivity index (χ0v) is 15.7. The van der Waals surface area contributed by atoms with E-state index >= 15 is 0 Å². The standard InChI is InChI=1S/C20H29N3O3/c1-3-17-8-4-5-9-19(17)26-18-13-23(14-18)20(25)21-11-16-7-6-10-22(12-16)15(2)24/h4-5,8-9,16,18H,3,6-7,10-14H2,1-2H3,(H,21,25). The smallest absolute Gasteiger partial charge is 0.317 e. The van der Waals surface area contributed by atoms with Crippen LogP contribution >= 0.6 is 0 Å². The van der Waals surface area contributed by atoms with Crippen molar-refractivity contribution in [2.24, 2.45) is 5.92 Å². The Morgan fingerprint density at radius 3 is 2.69 bits per heavy atom. The molecule has 1 unspecified atom stereocenters. The molecule has 0 aromatic heterocycles. The molecule has 1 aromatic rings. The van der Waals surface area contributed by atoms with Crippen molar-refractivity contribution in [1.29, 1.82) is 0 Å². The van der Waals surface area contributed by atoms with Crippen LogP contribution in [0.2, 0.25) is 0 Å². The quantitative estimate of drug-likeness (QED) is 0.877. The van der Waals surface area contributed by atoms with E-state index in [2.05, 4.69) is 18.3 Å². The van der Waals surface area contributed by atoms with E-state index in [0.29, 0.717) is 25.6 Å². The Morgan fingerprint density at radius 1 is 1.19 bits per heavy atom. The Hall–Kier alpha value is -2.24. The summed E-state index contributed by atoms with van der Waals surface area (Å²) in [6.07, 6.45) is 3.07. The van der Waals surface area contributed by atoms with Gasteiger partial charge in [-0.05, 0) is 36.8 Å². The lowest BCUT2D eigenvalue weighted by Gasteiger charge is -2.39. The Bertz CT molecular complexity index is 643. The third kappa shape index (κ3) is 4.48. The summed E-state index contributed by atoms with van der Waals surface area (Å²) in [4.78, 5) is 27.4. The van der Waals surface area contributed by atoms with Crippen molar-refractivity contribution >= 4 is 11.9 Å². The zero-order chi connectivity index (χ0) is 18.5. The van der Waals surface area contributed by atoms with Gasteiger partial charge in [-0.1, -0.05) is 25.1 Å². The van der Waals surface area contributed by atoms with Gasteiger partial charge in [0.1, 0.15) is 11.9 Å². The van der Waals surface area contributed by atoms with Crippen LogP contribution in [0.5, 0.6) is 5.75 Å². The molecule has 6 nitrogen and oxygen atoms in total. The number of para-hydroxylation sites is 1. The summed E-state index contributed by atoms with van der Waals surface area (Å²) in [5, 5.41) is 3.01. The van der Waals surface area contributed by atoms with Crippen molar-refractivity contribution in [3.05, 3.63) is 29.8 Å². The van der Waals surface area contributed by atoms with Crippen LogP contribution in [-0.2, 0) is 11.2 Å². The molecule has 2 aliphatic rings. The number of amides is 3. The van der Waals surface area contributed by atoms with E-state index < -0.39 is 0 Å². The fourth-order valence-electron chi connectivity index (χ4n) is 3.63. The summed E-state index contributed by atoms with van der Waals surface area (Å²) >= 11 is 0. The predicted molar refractivity (Wildman–Crippen MR) is 100 cm³/mol. The molecule has 6 heteroatoms. The number of nitrogens with zero attached hydrogens (tertiary/aromatic N) is 2. The molecule has 0 saturated carbocycles. The van der Waals surface area contributed by atoms with Crippen LogP contribution in [0.15, 0.2) is 24.3 Å². The van der Waals surface area contributed by atoms with E-state index in [4.69, 9.17) is 4.74 Å². The molecule has 0 aliphatic carbocycles. The van der Waals surface area contributed by atoms with Gasteiger partial charge in [0.05, 0.1) is 13.1 Å². The maximum Gasteiger partial charge on any atom is 0.317 e. The lowest BCUT2D eigenvalue weighted by Crippen LogP contribution is -2.59. The van der Waals surface area contributed by atoms with Gasteiger partial charge in [0.2, 0.25) is 5.91 Å². The largest absolute Gasteiger partial charge is 0.486 e. The number of aryl methyl sites for hydroxylation is 1. The van der Waals surface area contributed by atoms with Gasteiger partial charge in [-0.15, -0.1) is 0 Å². The zero-order valence-electron chi connectivity index (χ0n) is 15.7. The fourth-order valence-corrected chi connectivity index (χ4v) is 3.63. The summed E-state index contributed by atoms with van der Waals surface area (Å²) in [6.45, 7) is 7.17. The van der Waals surface area contributed by atoms with Crippen LogP contribution in [0.25, 0.3) is 0 Å². The molecule has 2 heterocycles. The predicted octanol–water partition coefficient (Wildman–Crippen LogP) is 2.28. The van der Waals surface area contributed by atoms with Gasteiger partial charge in [-0.3, -0.25) is 4.79 Å². The van der Waals surface area contributed by atoms with E-state index in [1.54, 1.807) is 11.8 Å². The second-order valence-electron chi connectivity index (χ2n) is 7.27. The number of piperidine rings is 1. The van der Waals surface area contributed by atoms with Gasteiger partial charge in [0.15, 0.2) is 0 Å². The molecule has 2 fully saturated rings. The summed E-state index contributed by atoms with van der Waals surface area (Å²) in [5.41, 5.74) is 1.20. The first-order valence-electron chi connectivity index (χ1n) is 9.59. The molecule has 26 heavy (non-hydrogen) atoms. The number of nitrogens with one attached hydrogen (secondary N) is 1. The Balaban J connectivity index is 1.39. The lowest BCUT2D eigenvalue weighted by molar-refractivity contribution is -0.130. The molecule has 3 rings (SSSR count). The van der Waals surface area contributed by atoms with E-state index in [1.807, 2.05) is 23.1 Å². The molecular weight excluding hydrogens is 330 g/mol. The minimum absolute atomic E-state index is 0.0337. The third-order valence-electron chi connectivity index (χ3n) is 5.29. The highest BCUT2D eigenvalue weighted by Crippen LogP contribution is 2.23. The highest BCUT2D eigenvalue weighted by Gasteiger charge is 2.33. The molecule has 0 radical (unpaired) electrons. The van der Waals surface area contributed by atoms with Gasteiger partial charge in [-0.2, -0.15) is 0 Å². The Labute approximate surface area is 155 Å². The maximum atomic E-state index is 12.3. The summed E-state index contributed by atoms with van der Waals surface area (Å²) in [6, 6.07) is 8.03. The molecule has 0 bridgehead atoms. The van der Waals surface area contributed by atoms with Crippen LogP contribution < -0.4 is 10.1 Å². The second-order valence-corrected chi connectivity index (χ2v) is 7.27. The summed E-state index contributed by atoms with van der Waals surface area (Å²) in [5.74, 6) is 1.39. The molecular formula is C20H29N3O3. The van der Waals surface area contributed by atoms with Crippen LogP contribution in [0.3, 0.4) is 0 Å². The number of rotatable bonds is 5. The fraction of sp³-hybridized carbons (Fsp3) is 0.600. The lowest BCUT2D eigenvalue weighted by atomic mass is 9.98. The number of benzene rings is 1. The number of likely N-dealkylation sites (tertiary alicyclic amines) is 2. The monoisotopic (exact) mass is 359 g/mol. The number of hydrogen-bond donors (Lipinski definition) is 1. The Morgan fingerprint density at radius 2 is 1.96 bits per heavy atom. The molecule has 142 valence electrons. The summed E-state index contributed by atoms with van der Waals surface area (Å²) in [7, 11) is 0. The number of carbonyl (C=O) groups excluding carboxylic acids is 2. The first-order chi connectivity index (χ1) is 12.6. The van der Waals surface area contributed by atoms with Gasteiger partial charge in [-0.25, -0.2) is 4.79 Å². The van der Waals surface area contributed by atoms with Gasteiger partial charge in [0.25, 0.3) is 0 Å². The summed E-state index contributed by atoms with van der Waals surface area (Å²) < 4.78 is 6.02. The maximum absolute atomic E-state index is 12.3. The average Bonchev–Trinajstić information content (AvgIpc) is 2.62. The first-order valence-corrected chi connectivity index (χ1v) is 9.59. The van der Waals surface area contributed by atoms with E-state index in [1.165, 1.54) is 5.56 Å². The first kappa shape index (κ1) is 18.5. The number of carbonyl (C=O) groups is 2. The van der Waals surface area contributed by atoms with Crippen molar-refractivity contribution in [2.75, 3.05) is 32.7 Å². The normalized spacial score (nSPS) is 20.5. The molecule has 1 aromatic carbocycles.